The second kappa shape index (κ2) is 9.71. The third-order valence-corrected chi connectivity index (χ3v) is 5.24. The lowest BCUT2D eigenvalue weighted by molar-refractivity contribution is -0.116. The van der Waals surface area contributed by atoms with Crippen molar-refractivity contribution < 1.29 is 4.79 Å². The maximum absolute atomic E-state index is 12.4. The van der Waals surface area contributed by atoms with Crippen LogP contribution in [0.4, 0.5) is 5.69 Å². The zero-order chi connectivity index (χ0) is 20.6. The quantitative estimate of drug-likeness (QED) is 0.461. The molecular formula is C22H20N4O2S. The first kappa shape index (κ1) is 20.4. The van der Waals surface area contributed by atoms with Gasteiger partial charge in [0.2, 0.25) is 5.91 Å². The van der Waals surface area contributed by atoms with Crippen LogP contribution >= 0.6 is 11.8 Å². The average Bonchev–Trinajstić information content (AvgIpc) is 2.72. The fourth-order valence-electron chi connectivity index (χ4n) is 2.80. The van der Waals surface area contributed by atoms with E-state index in [1.165, 1.54) is 11.8 Å². The second-order valence-electron chi connectivity index (χ2n) is 6.45. The predicted molar refractivity (Wildman–Crippen MR) is 114 cm³/mol. The number of aromatic amines is 1. The van der Waals surface area contributed by atoms with Crippen LogP contribution in [0, 0.1) is 18.3 Å². The zero-order valence-electron chi connectivity index (χ0n) is 15.9. The Kier molecular flexibility index (Phi) is 6.82. The molecule has 0 saturated heterocycles. The second-order valence-corrected chi connectivity index (χ2v) is 7.41. The molecule has 0 bridgehead atoms. The molecule has 0 fully saturated rings. The lowest BCUT2D eigenvalue weighted by Crippen LogP contribution is -2.20. The summed E-state index contributed by atoms with van der Waals surface area (Å²) in [6.07, 6.45) is 0.445. The van der Waals surface area contributed by atoms with Gasteiger partial charge in [-0.1, -0.05) is 48.2 Å². The van der Waals surface area contributed by atoms with Gasteiger partial charge in [0.1, 0.15) is 0 Å². The highest BCUT2D eigenvalue weighted by molar-refractivity contribution is 7.98. The number of amides is 1. The van der Waals surface area contributed by atoms with Gasteiger partial charge in [-0.15, -0.1) is 0 Å². The van der Waals surface area contributed by atoms with Gasteiger partial charge in [-0.2, -0.15) is 5.26 Å². The summed E-state index contributed by atoms with van der Waals surface area (Å²) >= 11 is 1.47. The van der Waals surface area contributed by atoms with Crippen LogP contribution in [-0.2, 0) is 17.0 Å². The summed E-state index contributed by atoms with van der Waals surface area (Å²) in [5, 5.41) is 12.2. The van der Waals surface area contributed by atoms with E-state index in [2.05, 4.69) is 15.3 Å². The highest BCUT2D eigenvalue weighted by Crippen LogP contribution is 2.19. The van der Waals surface area contributed by atoms with Crippen molar-refractivity contribution in [2.24, 2.45) is 0 Å². The first-order valence-electron chi connectivity index (χ1n) is 9.11. The van der Waals surface area contributed by atoms with Crippen LogP contribution < -0.4 is 10.9 Å². The number of rotatable bonds is 7. The summed E-state index contributed by atoms with van der Waals surface area (Å²) in [6, 6.07) is 18.7. The van der Waals surface area contributed by atoms with Crippen molar-refractivity contribution in [3.05, 3.63) is 87.3 Å². The number of benzene rings is 2. The number of carbonyl (C=O) groups excluding carboxylic acids is 1. The van der Waals surface area contributed by atoms with Gasteiger partial charge in [0.05, 0.1) is 11.6 Å². The molecule has 0 aliphatic carbocycles. The van der Waals surface area contributed by atoms with E-state index in [0.29, 0.717) is 39.8 Å². The Morgan fingerprint density at radius 2 is 2.00 bits per heavy atom. The highest BCUT2D eigenvalue weighted by atomic mass is 32.2. The van der Waals surface area contributed by atoms with Crippen LogP contribution in [-0.4, -0.2) is 15.9 Å². The van der Waals surface area contributed by atoms with Crippen molar-refractivity contribution in [2.75, 3.05) is 5.32 Å². The van der Waals surface area contributed by atoms with Crippen LogP contribution in [0.25, 0.3) is 0 Å². The molecule has 0 unspecified atom stereocenters. The lowest BCUT2D eigenvalue weighted by atomic mass is 10.1. The Morgan fingerprint density at radius 1 is 1.21 bits per heavy atom. The number of hydrogen-bond acceptors (Lipinski definition) is 5. The van der Waals surface area contributed by atoms with Crippen LogP contribution in [0.15, 0.2) is 64.5 Å². The first-order chi connectivity index (χ1) is 14.0. The molecule has 3 aromatic rings. The van der Waals surface area contributed by atoms with Crippen LogP contribution in [0.1, 0.15) is 28.8 Å². The van der Waals surface area contributed by atoms with Crippen molar-refractivity contribution in [1.29, 1.82) is 5.26 Å². The lowest BCUT2D eigenvalue weighted by Gasteiger charge is -2.08. The minimum atomic E-state index is -0.221. The number of aromatic nitrogens is 2. The summed E-state index contributed by atoms with van der Waals surface area (Å²) < 4.78 is 0. The average molecular weight is 404 g/mol. The minimum absolute atomic E-state index is 0.152. The number of aryl methyl sites for hydroxylation is 1. The number of anilines is 1. The molecule has 0 radical (unpaired) electrons. The third-order valence-electron chi connectivity index (χ3n) is 4.30. The van der Waals surface area contributed by atoms with Gasteiger partial charge >= 0.3 is 0 Å². The van der Waals surface area contributed by atoms with E-state index >= 15 is 0 Å². The van der Waals surface area contributed by atoms with E-state index in [4.69, 9.17) is 5.26 Å². The Labute approximate surface area is 173 Å². The maximum atomic E-state index is 12.4. The van der Waals surface area contributed by atoms with Crippen molar-refractivity contribution in [3.8, 4) is 6.07 Å². The third kappa shape index (κ3) is 5.80. The standard InChI is InChI=1S/C22H20N4O2S/c1-15-19(10-11-20(27)25-18-9-5-8-17(12-18)13-23)21(28)26-22(24-15)29-14-16-6-3-2-4-7-16/h2-9,12H,10-11,14H2,1H3,(H,25,27)(H,24,26,28). The normalized spacial score (nSPS) is 10.3. The number of hydrogen-bond donors (Lipinski definition) is 2. The number of carbonyl (C=O) groups is 1. The molecule has 3 rings (SSSR count). The Morgan fingerprint density at radius 3 is 2.72 bits per heavy atom. The van der Waals surface area contributed by atoms with Crippen LogP contribution in [0.3, 0.4) is 0 Å². The van der Waals surface area contributed by atoms with Crippen molar-refractivity contribution >= 4 is 23.4 Å². The SMILES string of the molecule is Cc1nc(SCc2ccccc2)[nH]c(=O)c1CCC(=O)Nc1cccc(C#N)c1. The van der Waals surface area contributed by atoms with Crippen LogP contribution in [0.5, 0.6) is 0 Å². The molecule has 29 heavy (non-hydrogen) atoms. The largest absolute Gasteiger partial charge is 0.326 e. The molecule has 6 nitrogen and oxygen atoms in total. The highest BCUT2D eigenvalue weighted by Gasteiger charge is 2.11. The Bertz CT molecular complexity index is 1100. The molecule has 0 atom stereocenters. The molecule has 2 N–H and O–H groups in total. The van der Waals surface area contributed by atoms with Gasteiger partial charge in [-0.25, -0.2) is 4.98 Å². The number of nitrogens with one attached hydrogen (secondary N) is 2. The van der Waals surface area contributed by atoms with Crippen molar-refractivity contribution in [2.45, 2.75) is 30.7 Å². The molecule has 1 amide bonds. The monoisotopic (exact) mass is 404 g/mol. The molecule has 1 heterocycles. The van der Waals surface area contributed by atoms with Gasteiger partial charge in [0, 0.05) is 29.1 Å². The maximum Gasteiger partial charge on any atom is 0.254 e. The van der Waals surface area contributed by atoms with E-state index in [9.17, 15) is 9.59 Å². The van der Waals surface area contributed by atoms with E-state index in [-0.39, 0.29) is 17.9 Å². The number of thioether (sulfide) groups is 1. The molecular weight excluding hydrogens is 384 g/mol. The number of nitriles is 1. The minimum Gasteiger partial charge on any atom is -0.326 e. The summed E-state index contributed by atoms with van der Waals surface area (Å²) in [6.45, 7) is 1.78. The number of nitrogens with zero attached hydrogens (tertiary/aromatic N) is 2. The summed E-state index contributed by atoms with van der Waals surface area (Å²) in [7, 11) is 0. The topological polar surface area (TPSA) is 98.6 Å². The van der Waals surface area contributed by atoms with Gasteiger partial charge in [-0.3, -0.25) is 9.59 Å². The van der Waals surface area contributed by atoms with Crippen molar-refractivity contribution in [1.82, 2.24) is 9.97 Å². The number of H-pyrrole nitrogens is 1. The molecule has 1 aromatic heterocycles. The zero-order valence-corrected chi connectivity index (χ0v) is 16.8. The summed E-state index contributed by atoms with van der Waals surface area (Å²) in [5.41, 5.74) is 3.11. The van der Waals surface area contributed by atoms with Gasteiger partial charge in [0.15, 0.2) is 5.16 Å². The van der Waals surface area contributed by atoms with Gasteiger partial charge in [-0.05, 0) is 37.1 Å². The fraction of sp³-hybridized carbons (Fsp3) is 0.182. The Hall–Kier alpha value is -3.37. The smallest absolute Gasteiger partial charge is 0.254 e. The van der Waals surface area contributed by atoms with E-state index in [1.807, 2.05) is 36.4 Å². The molecule has 2 aromatic carbocycles. The molecule has 0 aliphatic rings. The summed E-state index contributed by atoms with van der Waals surface area (Å²) in [5.74, 6) is 0.494. The molecule has 146 valence electrons. The predicted octanol–water partition coefficient (Wildman–Crippen LogP) is 3.81. The fourth-order valence-corrected chi connectivity index (χ4v) is 3.66. The molecule has 7 heteroatoms. The molecule has 0 spiro atoms. The first-order valence-corrected chi connectivity index (χ1v) is 10.1. The summed E-state index contributed by atoms with van der Waals surface area (Å²) in [4.78, 5) is 31.9. The van der Waals surface area contributed by atoms with E-state index in [0.717, 1.165) is 5.56 Å². The Balaban J connectivity index is 1.60. The van der Waals surface area contributed by atoms with E-state index in [1.54, 1.807) is 31.2 Å². The molecule has 0 saturated carbocycles. The molecule has 0 aliphatic heterocycles. The van der Waals surface area contributed by atoms with Gasteiger partial charge in [0.25, 0.3) is 5.56 Å². The van der Waals surface area contributed by atoms with Crippen molar-refractivity contribution in [3.63, 3.8) is 0 Å². The van der Waals surface area contributed by atoms with Gasteiger partial charge < -0.3 is 10.3 Å². The van der Waals surface area contributed by atoms with Crippen LogP contribution in [0.2, 0.25) is 0 Å². The van der Waals surface area contributed by atoms with E-state index < -0.39 is 0 Å².